The van der Waals surface area contributed by atoms with Gasteiger partial charge in [0, 0.05) is 12.7 Å². The van der Waals surface area contributed by atoms with E-state index in [4.69, 9.17) is 16.3 Å². The SMILES string of the molecule is O=C(NCCCOc1ccccc1)c1ccc(Cl)nc1. The van der Waals surface area contributed by atoms with Crippen LogP contribution in [0.2, 0.25) is 5.15 Å². The third kappa shape index (κ3) is 4.55. The van der Waals surface area contributed by atoms with E-state index >= 15 is 0 Å². The Kier molecular flexibility index (Phi) is 5.38. The number of rotatable bonds is 6. The van der Waals surface area contributed by atoms with Crippen LogP contribution in [0.1, 0.15) is 16.8 Å². The van der Waals surface area contributed by atoms with E-state index in [1.807, 2.05) is 30.3 Å². The molecule has 0 spiro atoms. The lowest BCUT2D eigenvalue weighted by atomic mass is 10.2. The fourth-order valence-corrected chi connectivity index (χ4v) is 1.70. The van der Waals surface area contributed by atoms with Gasteiger partial charge in [-0.25, -0.2) is 4.98 Å². The summed E-state index contributed by atoms with van der Waals surface area (Å²) >= 11 is 5.66. The van der Waals surface area contributed by atoms with Crippen molar-refractivity contribution in [3.05, 3.63) is 59.4 Å². The lowest BCUT2D eigenvalue weighted by Gasteiger charge is -2.07. The molecule has 0 aliphatic rings. The normalized spacial score (nSPS) is 10.1. The molecule has 0 saturated carbocycles. The van der Waals surface area contributed by atoms with Gasteiger partial charge in [-0.05, 0) is 30.7 Å². The Bertz CT molecular complexity index is 544. The highest BCUT2D eigenvalue weighted by molar-refractivity contribution is 6.29. The van der Waals surface area contributed by atoms with E-state index in [1.165, 1.54) is 6.20 Å². The van der Waals surface area contributed by atoms with Crippen LogP contribution in [0.3, 0.4) is 0 Å². The largest absolute Gasteiger partial charge is 0.494 e. The van der Waals surface area contributed by atoms with Crippen molar-refractivity contribution >= 4 is 17.5 Å². The summed E-state index contributed by atoms with van der Waals surface area (Å²) in [6.45, 7) is 1.11. The van der Waals surface area contributed by atoms with Crippen molar-refractivity contribution in [1.29, 1.82) is 0 Å². The maximum Gasteiger partial charge on any atom is 0.252 e. The zero-order valence-electron chi connectivity index (χ0n) is 10.9. The highest BCUT2D eigenvalue weighted by Crippen LogP contribution is 2.08. The number of benzene rings is 1. The molecule has 0 bridgehead atoms. The average molecular weight is 291 g/mol. The number of halogens is 1. The Labute approximate surface area is 122 Å². The van der Waals surface area contributed by atoms with Crippen LogP contribution in [-0.4, -0.2) is 24.0 Å². The van der Waals surface area contributed by atoms with Gasteiger partial charge < -0.3 is 10.1 Å². The molecule has 0 radical (unpaired) electrons. The highest BCUT2D eigenvalue weighted by atomic mass is 35.5. The summed E-state index contributed by atoms with van der Waals surface area (Å²) in [6.07, 6.45) is 2.19. The molecule has 0 unspecified atom stereocenters. The molecule has 2 rings (SSSR count). The fourth-order valence-electron chi connectivity index (χ4n) is 1.59. The number of amides is 1. The maximum absolute atomic E-state index is 11.8. The third-order valence-corrected chi connectivity index (χ3v) is 2.83. The quantitative estimate of drug-likeness (QED) is 0.657. The van der Waals surface area contributed by atoms with Gasteiger partial charge in [0.15, 0.2) is 0 Å². The second-order valence-electron chi connectivity index (χ2n) is 4.14. The number of carbonyl (C=O) groups is 1. The van der Waals surface area contributed by atoms with E-state index in [-0.39, 0.29) is 5.91 Å². The Morgan fingerprint density at radius 3 is 2.70 bits per heavy atom. The summed E-state index contributed by atoms with van der Waals surface area (Å²) in [5.74, 6) is 0.676. The summed E-state index contributed by atoms with van der Waals surface area (Å²) in [5, 5.41) is 3.18. The zero-order valence-corrected chi connectivity index (χ0v) is 11.6. The number of para-hydroxylation sites is 1. The van der Waals surface area contributed by atoms with Crippen molar-refractivity contribution in [3.63, 3.8) is 0 Å². The number of hydrogen-bond donors (Lipinski definition) is 1. The Hall–Kier alpha value is -2.07. The predicted octanol–water partition coefficient (Wildman–Crippen LogP) is 2.93. The van der Waals surface area contributed by atoms with Crippen molar-refractivity contribution in [3.8, 4) is 5.75 Å². The van der Waals surface area contributed by atoms with Gasteiger partial charge in [0.2, 0.25) is 0 Å². The van der Waals surface area contributed by atoms with Crippen LogP contribution < -0.4 is 10.1 Å². The number of hydrogen-bond acceptors (Lipinski definition) is 3. The molecule has 0 fully saturated rings. The summed E-state index contributed by atoms with van der Waals surface area (Å²) in [6, 6.07) is 12.8. The van der Waals surface area contributed by atoms with E-state index < -0.39 is 0 Å². The topological polar surface area (TPSA) is 51.2 Å². The molecule has 1 aromatic carbocycles. The van der Waals surface area contributed by atoms with Crippen LogP contribution in [0.15, 0.2) is 48.7 Å². The summed E-state index contributed by atoms with van der Waals surface area (Å²) in [7, 11) is 0. The molecule has 0 atom stereocenters. The number of nitrogens with one attached hydrogen (secondary N) is 1. The van der Waals surface area contributed by atoms with Gasteiger partial charge >= 0.3 is 0 Å². The molecule has 4 nitrogen and oxygen atoms in total. The first-order valence-electron chi connectivity index (χ1n) is 6.33. The van der Waals surface area contributed by atoms with Crippen LogP contribution in [0.4, 0.5) is 0 Å². The molecule has 0 aliphatic heterocycles. The molecule has 2 aromatic rings. The smallest absolute Gasteiger partial charge is 0.252 e. The standard InChI is InChI=1S/C15H15ClN2O2/c16-14-8-7-12(11-18-14)15(19)17-9-4-10-20-13-5-2-1-3-6-13/h1-3,5-8,11H,4,9-10H2,(H,17,19). The molecular weight excluding hydrogens is 276 g/mol. The van der Waals surface area contributed by atoms with Crippen molar-refractivity contribution in [2.45, 2.75) is 6.42 Å². The van der Waals surface area contributed by atoms with Gasteiger partial charge in [0.1, 0.15) is 10.9 Å². The second-order valence-corrected chi connectivity index (χ2v) is 4.53. The van der Waals surface area contributed by atoms with Gasteiger partial charge in [-0.2, -0.15) is 0 Å². The predicted molar refractivity (Wildman–Crippen MR) is 78.1 cm³/mol. The lowest BCUT2D eigenvalue weighted by molar-refractivity contribution is 0.0951. The molecule has 1 amide bonds. The van der Waals surface area contributed by atoms with Gasteiger partial charge in [0.25, 0.3) is 5.91 Å². The summed E-state index contributed by atoms with van der Waals surface area (Å²) in [4.78, 5) is 15.6. The highest BCUT2D eigenvalue weighted by Gasteiger charge is 2.04. The molecule has 0 saturated heterocycles. The monoisotopic (exact) mass is 290 g/mol. The number of carbonyl (C=O) groups excluding carboxylic acids is 1. The maximum atomic E-state index is 11.8. The Balaban J connectivity index is 1.66. The van der Waals surface area contributed by atoms with Crippen LogP contribution in [-0.2, 0) is 0 Å². The van der Waals surface area contributed by atoms with Gasteiger partial charge in [-0.15, -0.1) is 0 Å². The van der Waals surface area contributed by atoms with Crippen molar-refractivity contribution < 1.29 is 9.53 Å². The van der Waals surface area contributed by atoms with Crippen LogP contribution in [0, 0.1) is 0 Å². The fraction of sp³-hybridized carbons (Fsp3) is 0.200. The van der Waals surface area contributed by atoms with Crippen molar-refractivity contribution in [2.24, 2.45) is 0 Å². The first-order valence-corrected chi connectivity index (χ1v) is 6.71. The van der Waals surface area contributed by atoms with Gasteiger partial charge in [-0.1, -0.05) is 29.8 Å². The first kappa shape index (κ1) is 14.3. The molecule has 1 N–H and O–H groups in total. The average Bonchev–Trinajstić information content (AvgIpc) is 2.48. The van der Waals surface area contributed by atoms with Gasteiger partial charge in [0.05, 0.1) is 12.2 Å². The first-order chi connectivity index (χ1) is 9.75. The van der Waals surface area contributed by atoms with Crippen LogP contribution in [0.25, 0.3) is 0 Å². The molecule has 1 aromatic heterocycles. The Morgan fingerprint density at radius 1 is 1.20 bits per heavy atom. The van der Waals surface area contributed by atoms with E-state index in [1.54, 1.807) is 12.1 Å². The number of ether oxygens (including phenoxy) is 1. The second kappa shape index (κ2) is 7.50. The molecule has 104 valence electrons. The van der Waals surface area contributed by atoms with Crippen molar-refractivity contribution in [1.82, 2.24) is 10.3 Å². The minimum atomic E-state index is -0.158. The van der Waals surface area contributed by atoms with Gasteiger partial charge in [-0.3, -0.25) is 4.79 Å². The minimum Gasteiger partial charge on any atom is -0.494 e. The number of nitrogens with zero attached hydrogens (tertiary/aromatic N) is 1. The van der Waals surface area contributed by atoms with E-state index in [9.17, 15) is 4.79 Å². The third-order valence-electron chi connectivity index (χ3n) is 2.61. The molecule has 1 heterocycles. The summed E-state index contributed by atoms with van der Waals surface area (Å²) in [5.41, 5.74) is 0.498. The molecular formula is C15H15ClN2O2. The summed E-state index contributed by atoms with van der Waals surface area (Å²) < 4.78 is 5.53. The van der Waals surface area contributed by atoms with Crippen LogP contribution in [0.5, 0.6) is 5.75 Å². The Morgan fingerprint density at radius 2 is 2.00 bits per heavy atom. The van der Waals surface area contributed by atoms with E-state index in [0.717, 1.165) is 12.2 Å². The minimum absolute atomic E-state index is 0.158. The molecule has 5 heteroatoms. The molecule has 0 aliphatic carbocycles. The number of aromatic nitrogens is 1. The van der Waals surface area contributed by atoms with E-state index in [2.05, 4.69) is 10.3 Å². The van der Waals surface area contributed by atoms with Crippen LogP contribution >= 0.6 is 11.6 Å². The van der Waals surface area contributed by atoms with E-state index in [0.29, 0.717) is 23.9 Å². The van der Waals surface area contributed by atoms with Crippen molar-refractivity contribution in [2.75, 3.05) is 13.2 Å². The number of pyridine rings is 1. The zero-order chi connectivity index (χ0) is 14.2. The lowest BCUT2D eigenvalue weighted by Crippen LogP contribution is -2.25. The molecule has 20 heavy (non-hydrogen) atoms.